The van der Waals surface area contributed by atoms with Crippen molar-refractivity contribution in [3.05, 3.63) is 65.7 Å². The molecule has 0 unspecified atom stereocenters. The number of benzene rings is 2. The minimum atomic E-state index is 0.492. The summed E-state index contributed by atoms with van der Waals surface area (Å²) in [5.41, 5.74) is 5.61. The van der Waals surface area contributed by atoms with Gasteiger partial charge in [0.1, 0.15) is 0 Å². The molecule has 0 saturated carbocycles. The molecule has 5 nitrogen and oxygen atoms in total. The first-order valence-corrected chi connectivity index (χ1v) is 10.8. The SMILES string of the molecule is Cc1ccc(-c2cc(N3CCC4(CCNC4)CC3)nn2-c2ccc(C#N)cc2)cc1. The zero-order valence-electron chi connectivity index (χ0n) is 17.4. The van der Waals surface area contributed by atoms with Crippen LogP contribution in [0.2, 0.25) is 0 Å². The van der Waals surface area contributed by atoms with Gasteiger partial charge in [0.25, 0.3) is 0 Å². The number of hydrogen-bond acceptors (Lipinski definition) is 4. The van der Waals surface area contributed by atoms with Gasteiger partial charge in [0.05, 0.1) is 23.0 Å². The molecular weight excluding hydrogens is 370 g/mol. The quantitative estimate of drug-likeness (QED) is 0.716. The Bertz CT molecular complexity index is 1060. The highest BCUT2D eigenvalue weighted by atomic mass is 15.4. The van der Waals surface area contributed by atoms with Gasteiger partial charge in [-0.15, -0.1) is 5.10 Å². The molecule has 0 amide bonds. The lowest BCUT2D eigenvalue weighted by atomic mass is 9.78. The second-order valence-corrected chi connectivity index (χ2v) is 8.74. The average molecular weight is 398 g/mol. The summed E-state index contributed by atoms with van der Waals surface area (Å²) in [6, 6.07) is 20.7. The highest BCUT2D eigenvalue weighted by Gasteiger charge is 2.37. The average Bonchev–Trinajstić information content (AvgIpc) is 3.43. The normalized spacial score (nSPS) is 17.9. The first kappa shape index (κ1) is 18.9. The van der Waals surface area contributed by atoms with Crippen molar-refractivity contribution in [1.82, 2.24) is 15.1 Å². The van der Waals surface area contributed by atoms with Gasteiger partial charge in [0.2, 0.25) is 0 Å². The predicted molar refractivity (Wildman–Crippen MR) is 120 cm³/mol. The molecule has 3 aromatic rings. The van der Waals surface area contributed by atoms with E-state index in [0.717, 1.165) is 48.9 Å². The maximum atomic E-state index is 9.14. The maximum absolute atomic E-state index is 9.14. The third-order valence-corrected chi connectivity index (χ3v) is 6.76. The van der Waals surface area contributed by atoms with Crippen LogP contribution in [0.15, 0.2) is 54.6 Å². The van der Waals surface area contributed by atoms with E-state index < -0.39 is 0 Å². The molecule has 3 heterocycles. The van der Waals surface area contributed by atoms with Gasteiger partial charge in [0, 0.05) is 31.3 Å². The Morgan fingerprint density at radius 1 is 1.00 bits per heavy atom. The molecule has 5 heteroatoms. The van der Waals surface area contributed by atoms with Crippen LogP contribution in [0.4, 0.5) is 5.82 Å². The van der Waals surface area contributed by atoms with Crippen molar-refractivity contribution >= 4 is 5.82 Å². The van der Waals surface area contributed by atoms with Gasteiger partial charge >= 0.3 is 0 Å². The van der Waals surface area contributed by atoms with Crippen molar-refractivity contribution in [3.8, 4) is 23.0 Å². The summed E-state index contributed by atoms with van der Waals surface area (Å²) >= 11 is 0. The van der Waals surface area contributed by atoms with Crippen molar-refractivity contribution in [3.63, 3.8) is 0 Å². The van der Waals surface area contributed by atoms with E-state index in [9.17, 15) is 0 Å². The molecule has 2 fully saturated rings. The fourth-order valence-electron chi connectivity index (χ4n) is 4.76. The molecule has 2 aliphatic heterocycles. The summed E-state index contributed by atoms with van der Waals surface area (Å²) in [5.74, 6) is 1.04. The van der Waals surface area contributed by atoms with E-state index in [1.54, 1.807) is 0 Å². The van der Waals surface area contributed by atoms with Crippen LogP contribution in [-0.4, -0.2) is 36.0 Å². The van der Waals surface area contributed by atoms with Crippen molar-refractivity contribution in [2.75, 3.05) is 31.1 Å². The molecule has 152 valence electrons. The Hall–Kier alpha value is -3.10. The molecule has 0 aliphatic carbocycles. The smallest absolute Gasteiger partial charge is 0.151 e. The zero-order valence-corrected chi connectivity index (χ0v) is 17.4. The minimum absolute atomic E-state index is 0.492. The number of nitrogens with zero attached hydrogens (tertiary/aromatic N) is 4. The lowest BCUT2D eigenvalue weighted by Crippen LogP contribution is -2.41. The summed E-state index contributed by atoms with van der Waals surface area (Å²) in [4.78, 5) is 2.43. The summed E-state index contributed by atoms with van der Waals surface area (Å²) in [6.07, 6.45) is 3.75. The molecule has 1 spiro atoms. The van der Waals surface area contributed by atoms with Crippen molar-refractivity contribution in [2.24, 2.45) is 5.41 Å². The van der Waals surface area contributed by atoms with Crippen LogP contribution in [0.5, 0.6) is 0 Å². The molecule has 30 heavy (non-hydrogen) atoms. The summed E-state index contributed by atoms with van der Waals surface area (Å²) in [7, 11) is 0. The van der Waals surface area contributed by atoms with Gasteiger partial charge in [0.15, 0.2) is 5.82 Å². The predicted octanol–water partition coefficient (Wildman–Crippen LogP) is 4.30. The number of rotatable bonds is 3. The summed E-state index contributed by atoms with van der Waals surface area (Å²) in [6.45, 7) is 6.54. The van der Waals surface area contributed by atoms with Crippen molar-refractivity contribution < 1.29 is 0 Å². The topological polar surface area (TPSA) is 56.9 Å². The van der Waals surface area contributed by atoms with Crippen LogP contribution in [0.1, 0.15) is 30.4 Å². The number of nitrogens with one attached hydrogen (secondary N) is 1. The van der Waals surface area contributed by atoms with Crippen LogP contribution in [0.3, 0.4) is 0 Å². The lowest BCUT2D eigenvalue weighted by molar-refractivity contribution is 0.247. The molecule has 1 N–H and O–H groups in total. The molecule has 0 atom stereocenters. The van der Waals surface area contributed by atoms with E-state index in [0.29, 0.717) is 11.0 Å². The number of piperidine rings is 1. The Balaban J connectivity index is 1.49. The van der Waals surface area contributed by atoms with E-state index in [1.807, 2.05) is 28.9 Å². The summed E-state index contributed by atoms with van der Waals surface area (Å²) < 4.78 is 2.02. The number of nitriles is 1. The van der Waals surface area contributed by atoms with Crippen molar-refractivity contribution in [2.45, 2.75) is 26.2 Å². The Morgan fingerprint density at radius 2 is 1.73 bits per heavy atom. The number of aromatic nitrogens is 2. The Labute approximate surface area is 177 Å². The molecule has 0 bridgehead atoms. The zero-order chi connectivity index (χ0) is 20.6. The van der Waals surface area contributed by atoms with Gasteiger partial charge in [-0.25, -0.2) is 4.68 Å². The molecule has 5 rings (SSSR count). The Morgan fingerprint density at radius 3 is 2.37 bits per heavy atom. The van der Waals surface area contributed by atoms with Crippen LogP contribution < -0.4 is 10.2 Å². The van der Waals surface area contributed by atoms with E-state index in [1.165, 1.54) is 24.8 Å². The van der Waals surface area contributed by atoms with Gasteiger partial charge in [-0.1, -0.05) is 29.8 Å². The van der Waals surface area contributed by atoms with E-state index in [2.05, 4.69) is 53.5 Å². The Kier molecular flexibility index (Phi) is 4.80. The molecule has 1 aromatic heterocycles. The highest BCUT2D eigenvalue weighted by molar-refractivity contribution is 5.67. The largest absolute Gasteiger partial charge is 0.355 e. The standard InChI is InChI=1S/C25H27N5/c1-19-2-6-21(7-3-19)23-16-24(28-30(23)22-8-4-20(17-26)5-9-22)29-14-11-25(12-15-29)10-13-27-18-25/h2-9,16,27H,10-15,18H2,1H3. The molecule has 2 aromatic carbocycles. The van der Waals surface area contributed by atoms with E-state index in [-0.39, 0.29) is 0 Å². The maximum Gasteiger partial charge on any atom is 0.151 e. The third kappa shape index (κ3) is 3.48. The second kappa shape index (κ2) is 7.62. The first-order chi connectivity index (χ1) is 14.7. The minimum Gasteiger partial charge on any atom is -0.355 e. The fourth-order valence-corrected chi connectivity index (χ4v) is 4.76. The van der Waals surface area contributed by atoms with E-state index >= 15 is 0 Å². The number of anilines is 1. The van der Waals surface area contributed by atoms with Crippen LogP contribution in [-0.2, 0) is 0 Å². The fraction of sp³-hybridized carbons (Fsp3) is 0.360. The van der Waals surface area contributed by atoms with Gasteiger partial charge in [-0.05, 0) is 62.4 Å². The van der Waals surface area contributed by atoms with E-state index in [4.69, 9.17) is 10.4 Å². The molecular formula is C25H27N5. The first-order valence-electron chi connectivity index (χ1n) is 10.8. The van der Waals surface area contributed by atoms with Crippen molar-refractivity contribution in [1.29, 1.82) is 5.26 Å². The molecule has 0 radical (unpaired) electrons. The monoisotopic (exact) mass is 397 g/mol. The number of hydrogen-bond donors (Lipinski definition) is 1. The van der Waals surface area contributed by atoms with Gasteiger partial charge in [-0.2, -0.15) is 5.26 Å². The lowest BCUT2D eigenvalue weighted by Gasteiger charge is -2.39. The van der Waals surface area contributed by atoms with Gasteiger partial charge < -0.3 is 10.2 Å². The summed E-state index contributed by atoms with van der Waals surface area (Å²) in [5, 5.41) is 17.7. The van der Waals surface area contributed by atoms with Gasteiger partial charge in [-0.3, -0.25) is 0 Å². The van der Waals surface area contributed by atoms with Crippen LogP contribution in [0.25, 0.3) is 16.9 Å². The number of aryl methyl sites for hydroxylation is 1. The molecule has 2 saturated heterocycles. The molecule has 2 aliphatic rings. The van der Waals surface area contributed by atoms with Crippen LogP contribution in [0, 0.1) is 23.7 Å². The second-order valence-electron chi connectivity index (χ2n) is 8.74. The van der Waals surface area contributed by atoms with Crippen LogP contribution >= 0.6 is 0 Å². The third-order valence-electron chi connectivity index (χ3n) is 6.76. The highest BCUT2D eigenvalue weighted by Crippen LogP contribution is 2.38.